The van der Waals surface area contributed by atoms with Crippen LogP contribution >= 0.6 is 11.3 Å². The number of hydrogen-bond donors (Lipinski definition) is 0. The van der Waals surface area contributed by atoms with Crippen molar-refractivity contribution in [3.8, 4) is 0 Å². The van der Waals surface area contributed by atoms with Crippen LogP contribution in [0.1, 0.15) is 41.7 Å². The number of piperidine rings is 1. The largest absolute Gasteiger partial charge is 0.337 e. The van der Waals surface area contributed by atoms with Gasteiger partial charge in [-0.2, -0.15) is 0 Å². The van der Waals surface area contributed by atoms with Crippen LogP contribution in [0.4, 0.5) is 0 Å². The van der Waals surface area contributed by atoms with Crippen LogP contribution in [0.2, 0.25) is 0 Å². The smallest absolute Gasteiger partial charge is 0.194 e. The van der Waals surface area contributed by atoms with E-state index in [-0.39, 0.29) is 0 Å². The topological polar surface area (TPSA) is 38.4 Å². The molecule has 122 valence electrons. The minimum atomic E-state index is 0.536. The molecule has 0 N–H and O–H groups in total. The molecule has 0 bridgehead atoms. The van der Waals surface area contributed by atoms with Crippen LogP contribution in [0.5, 0.6) is 0 Å². The van der Waals surface area contributed by atoms with Gasteiger partial charge in [-0.1, -0.05) is 0 Å². The number of thiazole rings is 1. The minimum Gasteiger partial charge on any atom is -0.337 e. The highest BCUT2D eigenvalue weighted by molar-refractivity contribution is 7.15. The summed E-state index contributed by atoms with van der Waals surface area (Å²) in [5, 5.41) is 2.11. The van der Waals surface area contributed by atoms with Gasteiger partial charge in [0.15, 0.2) is 4.96 Å². The molecule has 4 heterocycles. The van der Waals surface area contributed by atoms with Crippen LogP contribution in [0.3, 0.4) is 0 Å². The van der Waals surface area contributed by atoms with Gasteiger partial charge in [-0.3, -0.25) is 9.30 Å². The number of aryl methyl sites for hydroxylation is 3. The Morgan fingerprint density at radius 2 is 2.17 bits per heavy atom. The van der Waals surface area contributed by atoms with Gasteiger partial charge in [0.1, 0.15) is 5.82 Å². The van der Waals surface area contributed by atoms with Crippen LogP contribution in [-0.4, -0.2) is 36.9 Å². The number of imidazole rings is 2. The Morgan fingerprint density at radius 1 is 1.30 bits per heavy atom. The van der Waals surface area contributed by atoms with Crippen molar-refractivity contribution in [3.05, 3.63) is 40.7 Å². The summed E-state index contributed by atoms with van der Waals surface area (Å²) in [5.41, 5.74) is 3.61. The normalized spacial score (nSPS) is 19.7. The van der Waals surface area contributed by atoms with E-state index in [2.05, 4.69) is 57.5 Å². The standard InChI is InChI=1S/C17H23N5S/c1-12-9-20(3)16(18-12)14-5-4-6-21(10-14)11-15-13(2)19-17-22(15)7-8-23-17/h7-9,14H,4-6,10-11H2,1-3H3/t14-/m1/s1. The summed E-state index contributed by atoms with van der Waals surface area (Å²) in [6, 6.07) is 0. The Morgan fingerprint density at radius 3 is 2.96 bits per heavy atom. The number of rotatable bonds is 3. The van der Waals surface area contributed by atoms with Crippen LogP contribution in [0, 0.1) is 13.8 Å². The first-order valence-electron chi connectivity index (χ1n) is 8.25. The molecule has 0 radical (unpaired) electrons. The van der Waals surface area contributed by atoms with Gasteiger partial charge >= 0.3 is 0 Å². The van der Waals surface area contributed by atoms with Gasteiger partial charge in [-0.25, -0.2) is 9.97 Å². The van der Waals surface area contributed by atoms with Crippen molar-refractivity contribution in [2.75, 3.05) is 13.1 Å². The predicted molar refractivity (Wildman–Crippen MR) is 93.0 cm³/mol. The molecule has 1 fully saturated rings. The summed E-state index contributed by atoms with van der Waals surface area (Å²) in [7, 11) is 2.12. The summed E-state index contributed by atoms with van der Waals surface area (Å²) >= 11 is 1.71. The molecular formula is C17H23N5S. The molecule has 0 aliphatic carbocycles. The van der Waals surface area contributed by atoms with Gasteiger partial charge in [0.25, 0.3) is 0 Å². The molecule has 0 spiro atoms. The average Bonchev–Trinajstić information content (AvgIpc) is 3.17. The molecule has 0 aromatic carbocycles. The molecule has 4 rings (SSSR count). The van der Waals surface area contributed by atoms with Gasteiger partial charge in [-0.15, -0.1) is 11.3 Å². The second-order valence-electron chi connectivity index (χ2n) is 6.63. The van der Waals surface area contributed by atoms with E-state index in [0.717, 1.165) is 36.0 Å². The lowest BCUT2D eigenvalue weighted by molar-refractivity contribution is 0.192. The molecule has 1 aliphatic rings. The first-order chi connectivity index (χ1) is 11.1. The van der Waals surface area contributed by atoms with Gasteiger partial charge < -0.3 is 4.57 Å². The molecule has 23 heavy (non-hydrogen) atoms. The van der Waals surface area contributed by atoms with E-state index in [0.29, 0.717) is 5.92 Å². The van der Waals surface area contributed by atoms with E-state index < -0.39 is 0 Å². The first-order valence-corrected chi connectivity index (χ1v) is 9.13. The van der Waals surface area contributed by atoms with Crippen LogP contribution in [0.15, 0.2) is 17.8 Å². The van der Waals surface area contributed by atoms with E-state index in [4.69, 9.17) is 4.98 Å². The highest BCUT2D eigenvalue weighted by Crippen LogP contribution is 2.28. The zero-order valence-electron chi connectivity index (χ0n) is 14.0. The van der Waals surface area contributed by atoms with Crippen molar-refractivity contribution in [3.63, 3.8) is 0 Å². The Kier molecular flexibility index (Phi) is 3.73. The zero-order chi connectivity index (χ0) is 16.0. The van der Waals surface area contributed by atoms with Crippen molar-refractivity contribution in [1.29, 1.82) is 0 Å². The summed E-state index contributed by atoms with van der Waals surface area (Å²) in [4.78, 5) is 13.1. The SMILES string of the molecule is Cc1cn(C)c([C@@H]2CCCN(Cc3c(C)nc4sccn34)C2)n1. The number of fused-ring (bicyclic) bond motifs is 1. The van der Waals surface area contributed by atoms with E-state index in [1.165, 1.54) is 24.4 Å². The maximum Gasteiger partial charge on any atom is 0.194 e. The summed E-state index contributed by atoms with van der Waals surface area (Å²) in [5.74, 6) is 1.77. The Hall–Kier alpha value is -1.66. The van der Waals surface area contributed by atoms with Gasteiger partial charge in [0.05, 0.1) is 17.1 Å². The second-order valence-corrected chi connectivity index (χ2v) is 7.50. The fourth-order valence-corrected chi connectivity index (χ4v) is 4.55. The van der Waals surface area contributed by atoms with Crippen molar-refractivity contribution < 1.29 is 0 Å². The zero-order valence-corrected chi connectivity index (χ0v) is 14.8. The Labute approximate surface area is 140 Å². The highest BCUT2D eigenvalue weighted by atomic mass is 32.1. The van der Waals surface area contributed by atoms with Crippen LogP contribution in [0.25, 0.3) is 4.96 Å². The number of likely N-dealkylation sites (tertiary alicyclic amines) is 1. The second kappa shape index (κ2) is 5.76. The molecule has 5 nitrogen and oxygen atoms in total. The minimum absolute atomic E-state index is 0.536. The summed E-state index contributed by atoms with van der Waals surface area (Å²) in [6.07, 6.45) is 6.74. The third-order valence-electron chi connectivity index (χ3n) is 4.84. The fourth-order valence-electron chi connectivity index (χ4n) is 3.77. The lowest BCUT2D eigenvalue weighted by Gasteiger charge is -2.32. The van der Waals surface area contributed by atoms with Crippen molar-refractivity contribution >= 4 is 16.3 Å². The molecule has 6 heteroatoms. The Bertz CT molecular complexity index is 827. The van der Waals surface area contributed by atoms with Crippen molar-refractivity contribution in [2.45, 2.75) is 39.2 Å². The molecule has 1 saturated heterocycles. The maximum atomic E-state index is 4.75. The molecule has 0 saturated carbocycles. The Balaban J connectivity index is 1.54. The quantitative estimate of drug-likeness (QED) is 0.741. The van der Waals surface area contributed by atoms with Gasteiger partial charge in [0, 0.05) is 43.8 Å². The summed E-state index contributed by atoms with van der Waals surface area (Å²) in [6.45, 7) is 7.42. The molecule has 1 aliphatic heterocycles. The number of aromatic nitrogens is 4. The van der Waals surface area contributed by atoms with E-state index in [9.17, 15) is 0 Å². The van der Waals surface area contributed by atoms with E-state index in [1.54, 1.807) is 11.3 Å². The fraction of sp³-hybridized carbons (Fsp3) is 0.529. The van der Waals surface area contributed by atoms with E-state index >= 15 is 0 Å². The van der Waals surface area contributed by atoms with Gasteiger partial charge in [-0.05, 0) is 33.2 Å². The van der Waals surface area contributed by atoms with Crippen molar-refractivity contribution in [1.82, 2.24) is 23.8 Å². The third kappa shape index (κ3) is 2.70. The monoisotopic (exact) mass is 329 g/mol. The lowest BCUT2D eigenvalue weighted by Crippen LogP contribution is -2.35. The molecule has 1 atom stereocenters. The average molecular weight is 329 g/mol. The van der Waals surface area contributed by atoms with Crippen LogP contribution in [-0.2, 0) is 13.6 Å². The molecule has 0 amide bonds. The van der Waals surface area contributed by atoms with Crippen molar-refractivity contribution in [2.24, 2.45) is 7.05 Å². The lowest BCUT2D eigenvalue weighted by atomic mass is 9.97. The van der Waals surface area contributed by atoms with E-state index in [1.807, 2.05) is 0 Å². The molecule has 3 aromatic heterocycles. The predicted octanol–water partition coefficient (Wildman–Crippen LogP) is 3.13. The highest BCUT2D eigenvalue weighted by Gasteiger charge is 2.25. The summed E-state index contributed by atoms with van der Waals surface area (Å²) < 4.78 is 4.44. The maximum absolute atomic E-state index is 4.75. The third-order valence-corrected chi connectivity index (χ3v) is 5.59. The molecule has 3 aromatic rings. The van der Waals surface area contributed by atoms with Gasteiger partial charge in [0.2, 0.25) is 0 Å². The molecular weight excluding hydrogens is 306 g/mol. The number of nitrogens with zero attached hydrogens (tertiary/aromatic N) is 5. The first kappa shape index (κ1) is 14.9. The number of hydrogen-bond acceptors (Lipinski definition) is 4. The molecule has 0 unspecified atom stereocenters. The van der Waals surface area contributed by atoms with Crippen LogP contribution < -0.4 is 0 Å².